The molecule has 0 aromatic carbocycles. The van der Waals surface area contributed by atoms with Crippen molar-refractivity contribution in [3.63, 3.8) is 0 Å². The standard InChI is InChI=1S/C13H16N6O/c1-19(2)6-5-16-12-9(8-14)11(17-13(15)18-12)10-4-3-7-20-10/h3-4,7H,5-6H2,1-2H3,(H3,15,16,17,18). The quantitative estimate of drug-likeness (QED) is 0.841. The third kappa shape index (κ3) is 3.05. The predicted molar refractivity (Wildman–Crippen MR) is 75.9 cm³/mol. The van der Waals surface area contributed by atoms with E-state index in [4.69, 9.17) is 10.2 Å². The number of nitrogens with two attached hydrogens (primary N) is 1. The number of furan rings is 1. The van der Waals surface area contributed by atoms with Crippen molar-refractivity contribution in [2.24, 2.45) is 0 Å². The Labute approximate surface area is 117 Å². The molecule has 7 nitrogen and oxygen atoms in total. The maximum Gasteiger partial charge on any atom is 0.222 e. The number of nitrogens with one attached hydrogen (secondary N) is 1. The van der Waals surface area contributed by atoms with E-state index in [0.717, 1.165) is 6.54 Å². The van der Waals surface area contributed by atoms with Crippen molar-refractivity contribution in [1.29, 1.82) is 5.26 Å². The van der Waals surface area contributed by atoms with E-state index in [-0.39, 0.29) is 5.95 Å². The highest BCUT2D eigenvalue weighted by molar-refractivity contribution is 5.71. The Morgan fingerprint density at radius 1 is 1.45 bits per heavy atom. The summed E-state index contributed by atoms with van der Waals surface area (Å²) in [6, 6.07) is 5.56. The van der Waals surface area contributed by atoms with Gasteiger partial charge in [0.2, 0.25) is 5.95 Å². The SMILES string of the molecule is CN(C)CCNc1nc(N)nc(-c2ccco2)c1C#N. The van der Waals surface area contributed by atoms with Crippen molar-refractivity contribution in [2.45, 2.75) is 0 Å². The van der Waals surface area contributed by atoms with Crippen molar-refractivity contribution in [1.82, 2.24) is 14.9 Å². The first-order valence-corrected chi connectivity index (χ1v) is 6.12. The molecule has 3 N–H and O–H groups in total. The minimum absolute atomic E-state index is 0.0998. The van der Waals surface area contributed by atoms with Crippen LogP contribution in [0, 0.1) is 11.3 Å². The van der Waals surface area contributed by atoms with Crippen LogP contribution in [0.5, 0.6) is 0 Å². The molecule has 7 heteroatoms. The Morgan fingerprint density at radius 3 is 2.85 bits per heavy atom. The fourth-order valence-electron chi connectivity index (χ4n) is 1.70. The smallest absolute Gasteiger partial charge is 0.222 e. The summed E-state index contributed by atoms with van der Waals surface area (Å²) in [5, 5.41) is 12.4. The van der Waals surface area contributed by atoms with Gasteiger partial charge in [-0.25, -0.2) is 4.98 Å². The number of hydrogen-bond acceptors (Lipinski definition) is 7. The zero-order chi connectivity index (χ0) is 14.5. The number of nitrogen functional groups attached to an aromatic ring is 1. The van der Waals surface area contributed by atoms with E-state index in [2.05, 4.69) is 21.4 Å². The minimum atomic E-state index is 0.0998. The molecule has 0 aliphatic heterocycles. The Hall–Kier alpha value is -2.59. The Bertz CT molecular complexity index is 615. The molecule has 0 aliphatic carbocycles. The van der Waals surface area contributed by atoms with E-state index in [1.807, 2.05) is 19.0 Å². The predicted octanol–water partition coefficient (Wildman–Crippen LogP) is 1.16. The summed E-state index contributed by atoms with van der Waals surface area (Å²) in [5.74, 6) is 1.02. The molecule has 2 heterocycles. The monoisotopic (exact) mass is 272 g/mol. The van der Waals surface area contributed by atoms with Gasteiger partial charge in [0.1, 0.15) is 23.1 Å². The van der Waals surface area contributed by atoms with Gasteiger partial charge in [-0.1, -0.05) is 0 Å². The molecule has 0 saturated carbocycles. The van der Waals surface area contributed by atoms with Crippen LogP contribution < -0.4 is 11.1 Å². The van der Waals surface area contributed by atoms with Crippen LogP contribution in [0.15, 0.2) is 22.8 Å². The first kappa shape index (κ1) is 13.8. The molecular formula is C13H16N6O. The number of rotatable bonds is 5. The molecule has 0 saturated heterocycles. The molecule has 2 aromatic rings. The molecule has 0 spiro atoms. The van der Waals surface area contributed by atoms with Crippen molar-refractivity contribution < 1.29 is 4.42 Å². The van der Waals surface area contributed by atoms with Gasteiger partial charge < -0.3 is 20.4 Å². The van der Waals surface area contributed by atoms with Crippen molar-refractivity contribution >= 4 is 11.8 Å². The van der Waals surface area contributed by atoms with Crippen LogP contribution in [0.25, 0.3) is 11.5 Å². The fraction of sp³-hybridized carbons (Fsp3) is 0.308. The average Bonchev–Trinajstić information content (AvgIpc) is 2.91. The van der Waals surface area contributed by atoms with Gasteiger partial charge in [-0.15, -0.1) is 0 Å². The zero-order valence-corrected chi connectivity index (χ0v) is 11.4. The number of nitriles is 1. The van der Waals surface area contributed by atoms with E-state index in [0.29, 0.717) is 29.4 Å². The van der Waals surface area contributed by atoms with E-state index in [1.54, 1.807) is 12.1 Å². The second-order valence-electron chi connectivity index (χ2n) is 4.47. The summed E-state index contributed by atoms with van der Waals surface area (Å²) in [5.41, 5.74) is 6.42. The van der Waals surface area contributed by atoms with Gasteiger partial charge in [-0.05, 0) is 26.2 Å². The van der Waals surface area contributed by atoms with Gasteiger partial charge in [0.25, 0.3) is 0 Å². The van der Waals surface area contributed by atoms with Gasteiger partial charge >= 0.3 is 0 Å². The topological polar surface area (TPSA) is 104 Å². The van der Waals surface area contributed by atoms with Crippen LogP contribution in [0.2, 0.25) is 0 Å². The highest BCUT2D eigenvalue weighted by Gasteiger charge is 2.16. The Balaban J connectivity index is 2.35. The maximum absolute atomic E-state index is 9.33. The van der Waals surface area contributed by atoms with Crippen LogP contribution in [-0.2, 0) is 0 Å². The summed E-state index contributed by atoms with van der Waals surface area (Å²) in [7, 11) is 3.94. The van der Waals surface area contributed by atoms with E-state index in [1.165, 1.54) is 6.26 Å². The van der Waals surface area contributed by atoms with E-state index < -0.39 is 0 Å². The van der Waals surface area contributed by atoms with Gasteiger partial charge in [0.15, 0.2) is 5.76 Å². The van der Waals surface area contributed by atoms with Crippen LogP contribution in [-0.4, -0.2) is 42.1 Å². The van der Waals surface area contributed by atoms with Crippen LogP contribution in [0.3, 0.4) is 0 Å². The molecular weight excluding hydrogens is 256 g/mol. The molecule has 2 aromatic heterocycles. The number of likely N-dealkylation sites (N-methyl/N-ethyl adjacent to an activating group) is 1. The maximum atomic E-state index is 9.33. The van der Waals surface area contributed by atoms with Crippen LogP contribution in [0.1, 0.15) is 5.56 Å². The normalized spacial score (nSPS) is 10.5. The second kappa shape index (κ2) is 6.04. The summed E-state index contributed by atoms with van der Waals surface area (Å²) in [6.45, 7) is 1.46. The first-order valence-electron chi connectivity index (χ1n) is 6.12. The lowest BCUT2D eigenvalue weighted by atomic mass is 10.2. The van der Waals surface area contributed by atoms with Crippen molar-refractivity contribution in [3.8, 4) is 17.5 Å². The highest BCUT2D eigenvalue weighted by Crippen LogP contribution is 2.26. The van der Waals surface area contributed by atoms with Gasteiger partial charge in [-0.3, -0.25) is 0 Å². The molecule has 0 fully saturated rings. The lowest BCUT2D eigenvalue weighted by Gasteiger charge is -2.13. The van der Waals surface area contributed by atoms with Gasteiger partial charge in [-0.2, -0.15) is 10.2 Å². The van der Waals surface area contributed by atoms with Gasteiger partial charge in [0.05, 0.1) is 6.26 Å². The molecule has 0 amide bonds. The molecule has 0 aliphatic rings. The lowest BCUT2D eigenvalue weighted by Crippen LogP contribution is -2.22. The Kier molecular flexibility index (Phi) is 4.17. The average molecular weight is 272 g/mol. The summed E-state index contributed by atoms with van der Waals surface area (Å²) in [6.07, 6.45) is 1.52. The largest absolute Gasteiger partial charge is 0.463 e. The first-order chi connectivity index (χ1) is 9.61. The third-order valence-corrected chi connectivity index (χ3v) is 2.64. The number of anilines is 2. The summed E-state index contributed by atoms with van der Waals surface area (Å²) < 4.78 is 5.28. The molecule has 2 rings (SSSR count). The molecule has 0 atom stereocenters. The van der Waals surface area contributed by atoms with E-state index >= 15 is 0 Å². The number of nitrogens with zero attached hydrogens (tertiary/aromatic N) is 4. The molecule has 0 bridgehead atoms. The Morgan fingerprint density at radius 2 is 2.25 bits per heavy atom. The lowest BCUT2D eigenvalue weighted by molar-refractivity contribution is 0.425. The van der Waals surface area contributed by atoms with E-state index in [9.17, 15) is 5.26 Å². The number of aromatic nitrogens is 2. The molecule has 0 unspecified atom stereocenters. The molecule has 0 radical (unpaired) electrons. The summed E-state index contributed by atoms with van der Waals surface area (Å²) >= 11 is 0. The van der Waals surface area contributed by atoms with Crippen molar-refractivity contribution in [3.05, 3.63) is 24.0 Å². The third-order valence-electron chi connectivity index (χ3n) is 2.64. The highest BCUT2D eigenvalue weighted by atomic mass is 16.3. The molecule has 104 valence electrons. The van der Waals surface area contributed by atoms with Gasteiger partial charge in [0, 0.05) is 13.1 Å². The molecule has 20 heavy (non-hydrogen) atoms. The van der Waals surface area contributed by atoms with Crippen LogP contribution in [0.4, 0.5) is 11.8 Å². The van der Waals surface area contributed by atoms with Crippen molar-refractivity contribution in [2.75, 3.05) is 38.2 Å². The van der Waals surface area contributed by atoms with Crippen LogP contribution >= 0.6 is 0 Å². The summed E-state index contributed by atoms with van der Waals surface area (Å²) in [4.78, 5) is 10.2. The number of hydrogen-bond donors (Lipinski definition) is 2. The minimum Gasteiger partial charge on any atom is -0.463 e. The zero-order valence-electron chi connectivity index (χ0n) is 11.4. The fourth-order valence-corrected chi connectivity index (χ4v) is 1.70. The second-order valence-corrected chi connectivity index (χ2v) is 4.47.